The molecule has 0 bridgehead atoms. The second kappa shape index (κ2) is 6.65. The van der Waals surface area contributed by atoms with Gasteiger partial charge in [-0.3, -0.25) is 4.79 Å². The molecule has 20 heavy (non-hydrogen) atoms. The Morgan fingerprint density at radius 1 is 1.15 bits per heavy atom. The fraction of sp³-hybridized carbons (Fsp3) is 0.267. The molecule has 2 rings (SSSR count). The van der Waals surface area contributed by atoms with Gasteiger partial charge in [-0.2, -0.15) is 0 Å². The fourth-order valence-corrected chi connectivity index (χ4v) is 1.93. The molecular formula is C15H18N4O. The maximum Gasteiger partial charge on any atom is 0.271 e. The van der Waals surface area contributed by atoms with Crippen LogP contribution in [0, 0.1) is 0 Å². The summed E-state index contributed by atoms with van der Waals surface area (Å²) >= 11 is 0. The van der Waals surface area contributed by atoms with E-state index in [1.807, 2.05) is 18.2 Å². The van der Waals surface area contributed by atoms with Crippen LogP contribution in [0.5, 0.6) is 0 Å². The number of rotatable bonds is 5. The van der Waals surface area contributed by atoms with Crippen LogP contribution in [-0.2, 0) is 6.42 Å². The van der Waals surface area contributed by atoms with Crippen molar-refractivity contribution in [1.82, 2.24) is 15.5 Å². The molecule has 5 nitrogen and oxygen atoms in total. The molecular weight excluding hydrogens is 252 g/mol. The number of amides is 1. The lowest BCUT2D eigenvalue weighted by atomic mass is 10.1. The second-order valence-corrected chi connectivity index (χ2v) is 4.62. The smallest absolute Gasteiger partial charge is 0.271 e. The van der Waals surface area contributed by atoms with Crippen LogP contribution in [0.15, 0.2) is 42.5 Å². The monoisotopic (exact) mass is 270 g/mol. The topological polar surface area (TPSA) is 66.9 Å². The molecule has 0 aliphatic rings. The van der Waals surface area contributed by atoms with Crippen LogP contribution in [0.25, 0.3) is 0 Å². The summed E-state index contributed by atoms with van der Waals surface area (Å²) in [6.45, 7) is 2.08. The van der Waals surface area contributed by atoms with Crippen LogP contribution in [0.4, 0.5) is 5.82 Å². The number of benzene rings is 1. The molecule has 1 atom stereocenters. The van der Waals surface area contributed by atoms with Gasteiger partial charge in [0.05, 0.1) is 0 Å². The van der Waals surface area contributed by atoms with Gasteiger partial charge in [0, 0.05) is 13.1 Å². The predicted molar refractivity (Wildman–Crippen MR) is 78.7 cm³/mol. The van der Waals surface area contributed by atoms with Crippen molar-refractivity contribution >= 4 is 11.7 Å². The summed E-state index contributed by atoms with van der Waals surface area (Å²) in [7, 11) is 1.57. The molecule has 104 valence electrons. The zero-order valence-corrected chi connectivity index (χ0v) is 11.6. The van der Waals surface area contributed by atoms with Gasteiger partial charge in [0.25, 0.3) is 5.91 Å². The first-order chi connectivity index (χ1) is 9.69. The Kier molecular flexibility index (Phi) is 4.65. The largest absolute Gasteiger partial charge is 0.366 e. The van der Waals surface area contributed by atoms with E-state index < -0.39 is 0 Å². The number of carbonyl (C=O) groups is 1. The molecule has 2 N–H and O–H groups in total. The predicted octanol–water partition coefficient (Wildman–Crippen LogP) is 1.88. The highest BCUT2D eigenvalue weighted by Crippen LogP contribution is 2.08. The van der Waals surface area contributed by atoms with E-state index in [1.165, 1.54) is 5.56 Å². The van der Waals surface area contributed by atoms with Gasteiger partial charge in [-0.05, 0) is 31.0 Å². The lowest BCUT2D eigenvalue weighted by molar-refractivity contribution is 0.0957. The van der Waals surface area contributed by atoms with Crippen LogP contribution in [0.3, 0.4) is 0 Å². The van der Waals surface area contributed by atoms with Gasteiger partial charge in [-0.1, -0.05) is 30.3 Å². The number of carbonyl (C=O) groups excluding carboxylic acids is 1. The molecule has 2 aromatic rings. The van der Waals surface area contributed by atoms with Crippen LogP contribution >= 0.6 is 0 Å². The lowest BCUT2D eigenvalue weighted by Crippen LogP contribution is -2.21. The molecule has 1 amide bonds. The van der Waals surface area contributed by atoms with E-state index in [9.17, 15) is 4.79 Å². The van der Waals surface area contributed by atoms with Crippen molar-refractivity contribution in [3.8, 4) is 0 Å². The SMILES string of the molecule is CNC(=O)c1ccc(NC(C)Cc2ccccc2)nn1. The summed E-state index contributed by atoms with van der Waals surface area (Å²) in [6, 6.07) is 13.9. The molecule has 0 saturated carbocycles. The Morgan fingerprint density at radius 3 is 2.50 bits per heavy atom. The molecule has 0 spiro atoms. The van der Waals surface area contributed by atoms with Crippen molar-refractivity contribution in [2.24, 2.45) is 0 Å². The molecule has 1 unspecified atom stereocenters. The summed E-state index contributed by atoms with van der Waals surface area (Å²) in [6.07, 6.45) is 0.902. The van der Waals surface area contributed by atoms with Crippen molar-refractivity contribution in [3.63, 3.8) is 0 Å². The Labute approximate surface area is 118 Å². The normalized spacial score (nSPS) is 11.7. The maximum atomic E-state index is 11.4. The highest BCUT2D eigenvalue weighted by Gasteiger charge is 2.07. The molecule has 0 fully saturated rings. The summed E-state index contributed by atoms with van der Waals surface area (Å²) in [5, 5.41) is 13.7. The lowest BCUT2D eigenvalue weighted by Gasteiger charge is -2.14. The van der Waals surface area contributed by atoms with Crippen LogP contribution in [-0.4, -0.2) is 29.2 Å². The van der Waals surface area contributed by atoms with Crippen LogP contribution in [0.1, 0.15) is 23.0 Å². The molecule has 1 aromatic heterocycles. The Balaban J connectivity index is 1.94. The van der Waals surface area contributed by atoms with Gasteiger partial charge in [0.15, 0.2) is 5.69 Å². The number of aromatic nitrogens is 2. The summed E-state index contributed by atoms with van der Waals surface area (Å²) in [5.41, 5.74) is 1.58. The average Bonchev–Trinajstić information content (AvgIpc) is 2.48. The van der Waals surface area contributed by atoms with Gasteiger partial charge in [-0.15, -0.1) is 10.2 Å². The van der Waals surface area contributed by atoms with Crippen LogP contribution in [0.2, 0.25) is 0 Å². The van der Waals surface area contributed by atoms with E-state index in [2.05, 4.69) is 39.9 Å². The highest BCUT2D eigenvalue weighted by atomic mass is 16.1. The van der Waals surface area contributed by atoms with Gasteiger partial charge >= 0.3 is 0 Å². The van der Waals surface area contributed by atoms with Gasteiger partial charge in [-0.25, -0.2) is 0 Å². The van der Waals surface area contributed by atoms with Crippen molar-refractivity contribution in [2.75, 3.05) is 12.4 Å². The quantitative estimate of drug-likeness (QED) is 0.870. The van der Waals surface area contributed by atoms with Crippen molar-refractivity contribution in [1.29, 1.82) is 0 Å². The first-order valence-corrected chi connectivity index (χ1v) is 6.55. The standard InChI is InChI=1S/C15H18N4O/c1-11(10-12-6-4-3-5-7-12)17-14-9-8-13(18-19-14)15(20)16-2/h3-9,11H,10H2,1-2H3,(H,16,20)(H,17,19). The third kappa shape index (κ3) is 3.78. The van der Waals surface area contributed by atoms with Gasteiger partial charge in [0.2, 0.25) is 0 Å². The number of nitrogens with one attached hydrogen (secondary N) is 2. The van der Waals surface area contributed by atoms with E-state index in [-0.39, 0.29) is 11.9 Å². The fourth-order valence-electron chi connectivity index (χ4n) is 1.93. The molecule has 0 aliphatic heterocycles. The molecule has 0 aliphatic carbocycles. The highest BCUT2D eigenvalue weighted by molar-refractivity contribution is 5.91. The molecule has 0 saturated heterocycles. The summed E-state index contributed by atoms with van der Waals surface area (Å²) in [4.78, 5) is 11.4. The minimum Gasteiger partial charge on any atom is -0.366 e. The number of nitrogens with zero attached hydrogens (tertiary/aromatic N) is 2. The average molecular weight is 270 g/mol. The van der Waals surface area contributed by atoms with Gasteiger partial charge < -0.3 is 10.6 Å². The third-order valence-electron chi connectivity index (χ3n) is 2.90. The first-order valence-electron chi connectivity index (χ1n) is 6.55. The van der Waals surface area contributed by atoms with Crippen LogP contribution < -0.4 is 10.6 Å². The zero-order valence-electron chi connectivity index (χ0n) is 11.6. The first kappa shape index (κ1) is 14.0. The number of hydrogen-bond acceptors (Lipinski definition) is 4. The Morgan fingerprint density at radius 2 is 1.90 bits per heavy atom. The van der Waals surface area contributed by atoms with E-state index >= 15 is 0 Å². The summed E-state index contributed by atoms with van der Waals surface area (Å²) in [5.74, 6) is 0.433. The number of anilines is 1. The molecule has 1 aromatic carbocycles. The minimum absolute atomic E-state index is 0.234. The van der Waals surface area contributed by atoms with Crippen molar-refractivity contribution < 1.29 is 4.79 Å². The van der Waals surface area contributed by atoms with Crippen molar-refractivity contribution in [3.05, 3.63) is 53.7 Å². The molecule has 1 heterocycles. The van der Waals surface area contributed by atoms with Gasteiger partial charge in [0.1, 0.15) is 5.82 Å². The Bertz CT molecular complexity index is 554. The summed E-state index contributed by atoms with van der Waals surface area (Å²) < 4.78 is 0. The van der Waals surface area contributed by atoms with E-state index in [4.69, 9.17) is 0 Å². The minimum atomic E-state index is -0.235. The maximum absolute atomic E-state index is 11.4. The van der Waals surface area contributed by atoms with E-state index in [1.54, 1.807) is 19.2 Å². The zero-order chi connectivity index (χ0) is 14.4. The van der Waals surface area contributed by atoms with E-state index in [0.717, 1.165) is 6.42 Å². The number of hydrogen-bond donors (Lipinski definition) is 2. The Hall–Kier alpha value is -2.43. The van der Waals surface area contributed by atoms with Crippen molar-refractivity contribution in [2.45, 2.75) is 19.4 Å². The third-order valence-corrected chi connectivity index (χ3v) is 2.90. The second-order valence-electron chi connectivity index (χ2n) is 4.62. The molecule has 0 radical (unpaired) electrons. The van der Waals surface area contributed by atoms with E-state index in [0.29, 0.717) is 11.5 Å². The molecule has 5 heteroatoms.